The van der Waals surface area contributed by atoms with Gasteiger partial charge >= 0.3 is 0 Å². The topological polar surface area (TPSA) is 89.2 Å². The largest absolute Gasteiger partial charge is 0.264 e. The van der Waals surface area contributed by atoms with E-state index < -0.39 is 10.0 Å². The molecule has 3 aromatic carbocycles. The Morgan fingerprint density at radius 1 is 0.906 bits per heavy atom. The van der Waals surface area contributed by atoms with Crippen molar-refractivity contribution in [3.05, 3.63) is 102 Å². The fourth-order valence-electron chi connectivity index (χ4n) is 3.72. The van der Waals surface area contributed by atoms with E-state index in [9.17, 15) is 8.42 Å². The molecule has 0 saturated heterocycles. The van der Waals surface area contributed by atoms with Gasteiger partial charge < -0.3 is 0 Å². The molecule has 1 aromatic heterocycles. The van der Waals surface area contributed by atoms with Crippen LogP contribution < -0.4 is 4.72 Å². The Morgan fingerprint density at radius 2 is 1.56 bits per heavy atom. The first-order chi connectivity index (χ1) is 15.5. The fourth-order valence-corrected chi connectivity index (χ4v) is 4.66. The van der Waals surface area contributed by atoms with Crippen LogP contribution >= 0.6 is 0 Å². The first-order valence-electron chi connectivity index (χ1n) is 10.2. The van der Waals surface area contributed by atoms with Gasteiger partial charge in [0.25, 0.3) is 21.9 Å². The molecule has 0 spiro atoms. The molecule has 2 heterocycles. The van der Waals surface area contributed by atoms with Gasteiger partial charge in [0.1, 0.15) is 0 Å². The lowest BCUT2D eigenvalue weighted by molar-refractivity contribution is 0.532. The number of aryl methyl sites for hydroxylation is 1. The van der Waals surface area contributed by atoms with E-state index in [-0.39, 0.29) is 16.9 Å². The van der Waals surface area contributed by atoms with Crippen molar-refractivity contribution in [1.82, 2.24) is 14.8 Å². The van der Waals surface area contributed by atoms with E-state index >= 15 is 0 Å². The van der Waals surface area contributed by atoms with Gasteiger partial charge in [-0.3, -0.25) is 0 Å². The number of hydrogen-bond acceptors (Lipinski definition) is 5. The van der Waals surface area contributed by atoms with Crippen molar-refractivity contribution in [2.75, 3.05) is 4.72 Å². The summed E-state index contributed by atoms with van der Waals surface area (Å²) < 4.78 is 29.8. The first-order valence-corrected chi connectivity index (χ1v) is 11.7. The lowest BCUT2D eigenvalue weighted by Gasteiger charge is -2.23. The Kier molecular flexibility index (Phi) is 5.07. The molecule has 0 radical (unpaired) electrons. The lowest BCUT2D eigenvalue weighted by atomic mass is 9.96. The van der Waals surface area contributed by atoms with E-state index in [4.69, 9.17) is 4.99 Å². The smallest absolute Gasteiger partial charge is 0.246 e. The summed E-state index contributed by atoms with van der Waals surface area (Å²) in [5, 5.41) is 4.47. The third-order valence-corrected chi connectivity index (χ3v) is 6.72. The Morgan fingerprint density at radius 3 is 2.25 bits per heavy atom. The Bertz CT molecular complexity index is 1380. The molecule has 0 saturated carbocycles. The maximum absolute atomic E-state index is 12.8. The average Bonchev–Trinajstić information content (AvgIpc) is 3.21. The predicted molar refractivity (Wildman–Crippen MR) is 124 cm³/mol. The highest BCUT2D eigenvalue weighted by Gasteiger charge is 2.28. The summed E-state index contributed by atoms with van der Waals surface area (Å²) in [6, 6.07) is 26.4. The highest BCUT2D eigenvalue weighted by atomic mass is 32.2. The van der Waals surface area contributed by atoms with E-state index in [1.54, 1.807) is 28.9 Å². The number of rotatable bonds is 5. The number of fused-ring (bicyclic) bond motifs is 1. The summed E-state index contributed by atoms with van der Waals surface area (Å²) in [6.07, 6.45) is 0.620. The van der Waals surface area contributed by atoms with Gasteiger partial charge in [0.05, 0.1) is 16.6 Å². The third-order valence-electron chi connectivity index (χ3n) is 5.38. The Labute approximate surface area is 186 Å². The van der Waals surface area contributed by atoms with Crippen LogP contribution in [0.5, 0.6) is 0 Å². The molecule has 7 nitrogen and oxygen atoms in total. The van der Waals surface area contributed by atoms with Crippen molar-refractivity contribution in [2.24, 2.45) is 4.99 Å². The summed E-state index contributed by atoms with van der Waals surface area (Å²) in [5.74, 6) is 0.366. The molecule has 1 atom stereocenters. The first kappa shape index (κ1) is 20.1. The second kappa shape index (κ2) is 8.05. The average molecular weight is 444 g/mol. The van der Waals surface area contributed by atoms with Gasteiger partial charge in [0, 0.05) is 6.42 Å². The van der Waals surface area contributed by atoms with Gasteiger partial charge in [-0.15, -0.1) is 5.10 Å². The molecule has 1 aliphatic rings. The van der Waals surface area contributed by atoms with Crippen LogP contribution in [0.3, 0.4) is 0 Å². The second-order valence-electron chi connectivity index (χ2n) is 7.65. The van der Waals surface area contributed by atoms with Crippen LogP contribution in [0.1, 0.15) is 29.2 Å². The van der Waals surface area contributed by atoms with E-state index in [2.05, 4.69) is 14.8 Å². The normalized spacial score (nSPS) is 15.7. The van der Waals surface area contributed by atoms with Gasteiger partial charge in [0.2, 0.25) is 0 Å². The highest BCUT2D eigenvalue weighted by Crippen LogP contribution is 2.33. The number of nitrogens with one attached hydrogen (secondary N) is 1. The van der Waals surface area contributed by atoms with Crippen LogP contribution in [0, 0.1) is 6.92 Å². The standard InChI is InChI=1S/C24H21N5O2S/c1-17-12-14-20(15-13-17)32(30,31)28-23-26-24-25-21(18-8-4-2-5-9-18)16-22(29(24)27-23)19-10-6-3-7-11-19/h2-15,22H,16H2,1H3,(H,27,28). The van der Waals surface area contributed by atoms with Crippen molar-refractivity contribution in [3.63, 3.8) is 0 Å². The Hall–Kier alpha value is -3.78. The molecule has 0 amide bonds. The molecule has 1 aliphatic heterocycles. The van der Waals surface area contributed by atoms with Crippen molar-refractivity contribution in [3.8, 4) is 0 Å². The number of aromatic nitrogens is 3. The van der Waals surface area contributed by atoms with Crippen LogP contribution in [0.4, 0.5) is 11.9 Å². The van der Waals surface area contributed by atoms with E-state index in [0.717, 1.165) is 22.4 Å². The summed E-state index contributed by atoms with van der Waals surface area (Å²) >= 11 is 0. The number of nitrogens with zero attached hydrogens (tertiary/aromatic N) is 4. The van der Waals surface area contributed by atoms with Crippen LogP contribution in [0.2, 0.25) is 0 Å². The highest BCUT2D eigenvalue weighted by molar-refractivity contribution is 7.92. The Balaban J connectivity index is 1.55. The molecule has 0 fully saturated rings. The van der Waals surface area contributed by atoms with Gasteiger partial charge in [0.15, 0.2) is 0 Å². The third kappa shape index (κ3) is 3.92. The van der Waals surface area contributed by atoms with Gasteiger partial charge in [-0.2, -0.15) is 4.98 Å². The van der Waals surface area contributed by atoms with Crippen molar-refractivity contribution in [2.45, 2.75) is 24.3 Å². The molecule has 32 heavy (non-hydrogen) atoms. The molecule has 1 N–H and O–H groups in total. The van der Waals surface area contributed by atoms with Crippen LogP contribution in [-0.4, -0.2) is 28.9 Å². The predicted octanol–water partition coefficient (Wildman–Crippen LogP) is 4.50. The number of sulfonamides is 1. The maximum atomic E-state index is 12.8. The molecule has 4 aromatic rings. The number of anilines is 1. The van der Waals surface area contributed by atoms with E-state index in [1.807, 2.05) is 67.6 Å². The lowest BCUT2D eigenvalue weighted by Crippen LogP contribution is -2.21. The minimum absolute atomic E-state index is 0.000400. The quantitative estimate of drug-likeness (QED) is 0.492. The van der Waals surface area contributed by atoms with Crippen LogP contribution in [-0.2, 0) is 10.0 Å². The van der Waals surface area contributed by atoms with E-state index in [1.165, 1.54) is 0 Å². The molecular formula is C24H21N5O2S. The fraction of sp³-hybridized carbons (Fsp3) is 0.125. The van der Waals surface area contributed by atoms with Crippen LogP contribution in [0.25, 0.3) is 0 Å². The molecular weight excluding hydrogens is 422 g/mol. The van der Waals surface area contributed by atoms with Crippen molar-refractivity contribution >= 4 is 27.6 Å². The number of aliphatic imine (C=N–C) groups is 1. The minimum Gasteiger partial charge on any atom is -0.246 e. The summed E-state index contributed by atoms with van der Waals surface area (Å²) in [7, 11) is -3.81. The second-order valence-corrected chi connectivity index (χ2v) is 9.34. The molecule has 8 heteroatoms. The zero-order valence-corrected chi connectivity index (χ0v) is 18.2. The monoisotopic (exact) mass is 443 g/mol. The zero-order valence-electron chi connectivity index (χ0n) is 17.4. The molecule has 5 rings (SSSR count). The van der Waals surface area contributed by atoms with Crippen LogP contribution in [0.15, 0.2) is 94.8 Å². The number of hydrogen-bond donors (Lipinski definition) is 1. The maximum Gasteiger partial charge on any atom is 0.264 e. The summed E-state index contributed by atoms with van der Waals surface area (Å²) in [4.78, 5) is 9.26. The summed E-state index contributed by atoms with van der Waals surface area (Å²) in [5.41, 5.74) is 3.92. The van der Waals surface area contributed by atoms with Gasteiger partial charge in [-0.25, -0.2) is 22.8 Å². The molecule has 0 bridgehead atoms. The molecule has 1 unspecified atom stereocenters. The van der Waals surface area contributed by atoms with Crippen molar-refractivity contribution in [1.29, 1.82) is 0 Å². The SMILES string of the molecule is Cc1ccc(S(=O)(=O)Nc2nc3n(n2)C(c2ccccc2)CC(c2ccccc2)=N3)cc1. The van der Waals surface area contributed by atoms with E-state index in [0.29, 0.717) is 12.4 Å². The molecule has 0 aliphatic carbocycles. The van der Waals surface area contributed by atoms with Gasteiger partial charge in [-0.1, -0.05) is 78.4 Å². The van der Waals surface area contributed by atoms with Gasteiger partial charge in [-0.05, 0) is 30.2 Å². The van der Waals surface area contributed by atoms with Crippen molar-refractivity contribution < 1.29 is 8.42 Å². The summed E-state index contributed by atoms with van der Waals surface area (Å²) in [6.45, 7) is 1.90. The number of benzene rings is 3. The minimum atomic E-state index is -3.81. The molecule has 160 valence electrons. The zero-order chi connectivity index (χ0) is 22.1.